The molecule has 0 saturated carbocycles. The molecule has 2 saturated heterocycles. The number of nitrogens with zero attached hydrogens (tertiary/aromatic N) is 2. The number of hydrogen-bond acceptors (Lipinski definition) is 15. The van der Waals surface area contributed by atoms with E-state index in [-0.39, 0.29) is 49.8 Å². The van der Waals surface area contributed by atoms with Crippen molar-refractivity contribution in [3.8, 4) is 11.5 Å². The van der Waals surface area contributed by atoms with Crippen LogP contribution in [0, 0.1) is 39.5 Å². The minimum Gasteiger partial charge on any atom is -0.496 e. The predicted molar refractivity (Wildman–Crippen MR) is 244 cm³/mol. The molecular formula is C46H69ClN4O14. The summed E-state index contributed by atoms with van der Waals surface area (Å²) in [5.74, 6) is 0.0390. The number of aryl methyl sites for hydroxylation is 2. The number of methoxy groups -OCH3 is 2. The maximum absolute atomic E-state index is 12.9. The van der Waals surface area contributed by atoms with Crippen LogP contribution in [0.25, 0.3) is 0 Å². The zero-order valence-electron chi connectivity index (χ0n) is 38.5. The van der Waals surface area contributed by atoms with E-state index in [1.165, 1.54) is 4.90 Å². The summed E-state index contributed by atoms with van der Waals surface area (Å²) in [4.78, 5) is 87.4. The summed E-state index contributed by atoms with van der Waals surface area (Å²) in [5, 5.41) is 2.27. The Hall–Kier alpha value is -5.62. The van der Waals surface area contributed by atoms with E-state index >= 15 is 0 Å². The number of ketones is 2. The molecule has 2 aliphatic rings. The number of nitrogens with two attached hydrogens (primary N) is 1. The normalized spacial score (nSPS) is 15.5. The number of nitrogens with one attached hydrogen (secondary N) is 1. The molecule has 2 aromatic rings. The van der Waals surface area contributed by atoms with Crippen molar-refractivity contribution in [1.82, 2.24) is 15.1 Å². The van der Waals surface area contributed by atoms with Crippen LogP contribution in [0.15, 0.2) is 24.3 Å². The number of hydrogen-bond donors (Lipinski definition) is 2. The highest BCUT2D eigenvalue weighted by Gasteiger charge is 2.29. The molecule has 3 amide bonds. The summed E-state index contributed by atoms with van der Waals surface area (Å²) in [6.45, 7) is 13.0. The summed E-state index contributed by atoms with van der Waals surface area (Å²) in [5.41, 5.74) is 9.64. The lowest BCUT2D eigenvalue weighted by molar-refractivity contribution is -0.152. The van der Waals surface area contributed by atoms with E-state index in [0.717, 1.165) is 47.9 Å². The number of rotatable bonds is 15. The molecule has 0 radical (unpaired) electrons. The first kappa shape index (κ1) is 57.4. The molecule has 18 nitrogen and oxygen atoms in total. The Balaban J connectivity index is 0.000000645. The molecule has 0 bridgehead atoms. The first-order valence-corrected chi connectivity index (χ1v) is 20.9. The molecule has 3 N–H and O–H groups in total. The molecule has 2 aliphatic heterocycles. The van der Waals surface area contributed by atoms with E-state index in [2.05, 4.69) is 10.1 Å². The summed E-state index contributed by atoms with van der Waals surface area (Å²) >= 11 is 0. The van der Waals surface area contributed by atoms with Gasteiger partial charge in [-0.15, -0.1) is 12.4 Å². The van der Waals surface area contributed by atoms with Crippen molar-refractivity contribution < 1.29 is 66.7 Å². The third-order valence-electron chi connectivity index (χ3n) is 10.6. The Morgan fingerprint density at radius 3 is 1.48 bits per heavy atom. The van der Waals surface area contributed by atoms with E-state index in [0.29, 0.717) is 61.6 Å². The molecule has 0 aromatic heterocycles. The summed E-state index contributed by atoms with van der Waals surface area (Å²) in [6, 6.07) is 7.26. The van der Waals surface area contributed by atoms with Gasteiger partial charge in [0.15, 0.2) is 11.6 Å². The fourth-order valence-electron chi connectivity index (χ4n) is 7.00. The number of piperidine rings is 2. The lowest BCUT2D eigenvalue weighted by atomic mass is 9.90. The Morgan fingerprint density at radius 2 is 1.09 bits per heavy atom. The maximum atomic E-state index is 12.9. The topological polar surface area (TPSA) is 229 Å². The van der Waals surface area contributed by atoms with Gasteiger partial charge in [0.25, 0.3) is 0 Å². The van der Waals surface area contributed by atoms with Crippen molar-refractivity contribution in [3.05, 3.63) is 57.6 Å². The van der Waals surface area contributed by atoms with E-state index in [1.54, 1.807) is 52.0 Å². The molecule has 2 unspecified atom stereocenters. The molecule has 2 aromatic carbocycles. The van der Waals surface area contributed by atoms with Gasteiger partial charge in [-0.1, -0.05) is 7.43 Å². The number of carbonyl (C=O) groups is 7. The third-order valence-corrected chi connectivity index (χ3v) is 10.6. The van der Waals surface area contributed by atoms with Crippen molar-refractivity contribution in [2.24, 2.45) is 17.6 Å². The van der Waals surface area contributed by atoms with Crippen LogP contribution in [-0.2, 0) is 33.3 Å². The molecule has 2 heterocycles. The van der Waals surface area contributed by atoms with Gasteiger partial charge in [-0.3, -0.25) is 19.2 Å². The van der Waals surface area contributed by atoms with Gasteiger partial charge >= 0.3 is 30.2 Å². The molecular weight excluding hydrogens is 868 g/mol. The number of benzene rings is 2. The molecule has 0 spiro atoms. The van der Waals surface area contributed by atoms with Crippen molar-refractivity contribution in [2.75, 3.05) is 67.1 Å². The van der Waals surface area contributed by atoms with Crippen LogP contribution >= 0.6 is 12.4 Å². The number of alkyl carbamates (subject to hydrolysis) is 1. The van der Waals surface area contributed by atoms with E-state index < -0.39 is 56.0 Å². The van der Waals surface area contributed by atoms with Crippen LogP contribution in [0.5, 0.6) is 11.5 Å². The van der Waals surface area contributed by atoms with Gasteiger partial charge in [0.2, 0.25) is 13.6 Å². The van der Waals surface area contributed by atoms with Crippen molar-refractivity contribution in [2.45, 2.75) is 100 Å². The Labute approximate surface area is 388 Å². The highest BCUT2D eigenvalue weighted by molar-refractivity contribution is 5.97. The molecule has 364 valence electrons. The number of halogens is 1. The fraction of sp³-hybridized carbons (Fsp3) is 0.587. The van der Waals surface area contributed by atoms with Gasteiger partial charge in [0.1, 0.15) is 23.6 Å². The Bertz CT molecular complexity index is 1950. The summed E-state index contributed by atoms with van der Waals surface area (Å²) < 4.78 is 35.2. The SMILES string of the molecule is C.COc1cc(C(=O)CC2CCCN(C(=O)OCOC(=O)CN)C2)cc(C)c1C.COc1cc(C(=O)CC2CCCN(C(=O)OCOC(=O)CNC(=O)OC(C)(C)C)C2)cc(C)c1C.Cl. The lowest BCUT2D eigenvalue weighted by Gasteiger charge is -2.31. The Kier molecular flexibility index (Phi) is 24.4. The lowest BCUT2D eigenvalue weighted by Crippen LogP contribution is -2.41. The summed E-state index contributed by atoms with van der Waals surface area (Å²) in [6.07, 6.45) is 1.92. The zero-order chi connectivity index (χ0) is 46.9. The molecule has 65 heavy (non-hydrogen) atoms. The second-order valence-electron chi connectivity index (χ2n) is 16.6. The predicted octanol–water partition coefficient (Wildman–Crippen LogP) is 7.01. The standard InChI is InChI=1S/C25H36N2O8.C20H28N2O6.CH4.ClH/c1-16-10-19(12-21(32-6)17(16)2)20(28)11-18-8-7-9-27(14-18)24(31)34-15-33-22(29)13-26-23(30)35-25(3,4)5;1-13-7-16(9-18(26-3)14(13)2)17(23)8-15-5-4-6-22(11-15)20(25)28-12-27-19(24)10-21;;/h10,12,18H,7-9,11,13-15H2,1-6H3,(H,26,30);7,9,15H,4-6,8,10-12,21H2,1-3H3;1H4;1H. The van der Waals surface area contributed by atoms with Gasteiger partial charge < -0.3 is 54.0 Å². The van der Waals surface area contributed by atoms with E-state index in [1.807, 2.05) is 39.8 Å². The quantitative estimate of drug-likeness (QED) is 0.0792. The van der Waals surface area contributed by atoms with Gasteiger partial charge in [-0.25, -0.2) is 14.4 Å². The summed E-state index contributed by atoms with van der Waals surface area (Å²) in [7, 11) is 3.17. The number of esters is 2. The second kappa shape index (κ2) is 27.6. The molecule has 19 heteroatoms. The maximum Gasteiger partial charge on any atom is 0.412 e. The van der Waals surface area contributed by atoms with Gasteiger partial charge in [-0.2, -0.15) is 0 Å². The largest absolute Gasteiger partial charge is 0.496 e. The molecule has 0 aliphatic carbocycles. The van der Waals surface area contributed by atoms with Crippen LogP contribution in [0.1, 0.15) is 110 Å². The van der Waals surface area contributed by atoms with Crippen LogP contribution in [0.3, 0.4) is 0 Å². The first-order chi connectivity index (χ1) is 29.7. The Morgan fingerprint density at radius 1 is 0.677 bits per heavy atom. The van der Waals surface area contributed by atoms with Gasteiger partial charge in [0.05, 0.1) is 20.8 Å². The minimum absolute atomic E-state index is 0. The number of likely N-dealkylation sites (tertiary alicyclic amines) is 2. The monoisotopic (exact) mass is 936 g/mol. The number of ether oxygens (including phenoxy) is 7. The highest BCUT2D eigenvalue weighted by Crippen LogP contribution is 2.29. The minimum atomic E-state index is -0.769. The van der Waals surface area contributed by atoms with Crippen molar-refractivity contribution in [1.29, 1.82) is 0 Å². The molecule has 2 atom stereocenters. The average Bonchev–Trinajstić information content (AvgIpc) is 3.24. The van der Waals surface area contributed by atoms with E-state index in [4.69, 9.17) is 34.2 Å². The molecule has 4 rings (SSSR count). The van der Waals surface area contributed by atoms with Crippen LogP contribution in [0.4, 0.5) is 14.4 Å². The second-order valence-corrected chi connectivity index (χ2v) is 16.6. The van der Waals surface area contributed by atoms with Crippen LogP contribution in [0.2, 0.25) is 0 Å². The first-order valence-electron chi connectivity index (χ1n) is 20.9. The highest BCUT2D eigenvalue weighted by atomic mass is 35.5. The van der Waals surface area contributed by atoms with Crippen molar-refractivity contribution >= 4 is 54.2 Å². The molecule has 2 fully saturated rings. The average molecular weight is 938 g/mol. The fourth-order valence-corrected chi connectivity index (χ4v) is 7.00. The van der Waals surface area contributed by atoms with Crippen LogP contribution < -0.4 is 20.5 Å². The number of Topliss-reactive ketones (excluding diaryl/α,β-unsaturated/α-hetero) is 2. The third kappa shape index (κ3) is 19.2. The van der Waals surface area contributed by atoms with Gasteiger partial charge in [0, 0.05) is 50.1 Å². The van der Waals surface area contributed by atoms with Crippen LogP contribution in [-0.4, -0.2) is 124 Å². The number of amides is 3. The van der Waals surface area contributed by atoms with E-state index in [9.17, 15) is 33.6 Å². The van der Waals surface area contributed by atoms with Gasteiger partial charge in [-0.05, 0) is 133 Å². The smallest absolute Gasteiger partial charge is 0.412 e. The van der Waals surface area contributed by atoms with Crippen molar-refractivity contribution in [3.63, 3.8) is 0 Å². The number of carbonyl (C=O) groups excluding carboxylic acids is 7. The zero-order valence-corrected chi connectivity index (χ0v) is 39.3.